The van der Waals surface area contributed by atoms with Crippen molar-refractivity contribution in [2.75, 3.05) is 12.9 Å². The van der Waals surface area contributed by atoms with Gasteiger partial charge in [-0.3, -0.25) is 9.00 Å². The van der Waals surface area contributed by atoms with Crippen molar-refractivity contribution in [2.45, 2.75) is 31.3 Å². The topological polar surface area (TPSA) is 64.6 Å². The molecule has 1 heterocycles. The van der Waals surface area contributed by atoms with Crippen LogP contribution in [-0.4, -0.2) is 29.3 Å². The van der Waals surface area contributed by atoms with Gasteiger partial charge >= 0.3 is 0 Å². The third-order valence-corrected chi connectivity index (χ3v) is 3.72. The Bertz CT molecular complexity index is 486. The quantitative estimate of drug-likeness (QED) is 0.841. The minimum Gasteiger partial charge on any atom is -0.350 e. The molecular formula is C14H19NO4S. The van der Waals surface area contributed by atoms with Gasteiger partial charge in [0, 0.05) is 41.4 Å². The average molecular weight is 297 g/mol. The van der Waals surface area contributed by atoms with Crippen LogP contribution in [0, 0.1) is 0 Å². The second-order valence-electron chi connectivity index (χ2n) is 4.76. The molecule has 20 heavy (non-hydrogen) atoms. The van der Waals surface area contributed by atoms with Crippen LogP contribution in [0.15, 0.2) is 24.3 Å². The summed E-state index contributed by atoms with van der Waals surface area (Å²) in [4.78, 5) is 17.2. The molecule has 1 N–H and O–H groups in total. The first-order valence-electron chi connectivity index (χ1n) is 6.62. The van der Waals surface area contributed by atoms with Crippen LogP contribution in [0.1, 0.15) is 35.2 Å². The lowest BCUT2D eigenvalue weighted by atomic mass is 10.1. The second-order valence-corrected chi connectivity index (χ2v) is 6.20. The average Bonchev–Trinajstić information content (AvgIpc) is 2.45. The molecule has 0 radical (unpaired) electrons. The summed E-state index contributed by atoms with van der Waals surface area (Å²) < 4.78 is 16.6. The standard InChI is InChI=1S/C14H19NO4S/c1-20(17)10-11-5-4-6-12(9-11)14(16)15-19-13-7-2-3-8-18-13/h4-6,9,13H,2-3,7-8,10H2,1H3,(H,15,16)/t13-,20+/m0/s1. The number of amides is 1. The minimum absolute atomic E-state index is 0.317. The van der Waals surface area contributed by atoms with Gasteiger partial charge in [-0.1, -0.05) is 12.1 Å². The Morgan fingerprint density at radius 3 is 3.05 bits per heavy atom. The van der Waals surface area contributed by atoms with E-state index in [-0.39, 0.29) is 12.2 Å². The molecule has 0 aliphatic carbocycles. The summed E-state index contributed by atoms with van der Waals surface area (Å²) in [6.07, 6.45) is 4.13. The molecule has 5 nitrogen and oxygen atoms in total. The third-order valence-electron chi connectivity index (χ3n) is 2.98. The highest BCUT2D eigenvalue weighted by atomic mass is 32.2. The first-order chi connectivity index (χ1) is 9.65. The molecule has 2 rings (SSSR count). The molecule has 1 aliphatic heterocycles. The van der Waals surface area contributed by atoms with Crippen LogP contribution in [0.3, 0.4) is 0 Å². The number of hydroxylamine groups is 1. The molecule has 1 aromatic carbocycles. The van der Waals surface area contributed by atoms with E-state index in [1.54, 1.807) is 24.5 Å². The minimum atomic E-state index is -0.929. The largest absolute Gasteiger partial charge is 0.350 e. The van der Waals surface area contributed by atoms with Gasteiger partial charge in [-0.15, -0.1) is 0 Å². The predicted octanol–water partition coefficient (Wildman–Crippen LogP) is 1.75. The molecule has 0 aromatic heterocycles. The molecule has 0 saturated carbocycles. The fourth-order valence-corrected chi connectivity index (χ4v) is 2.67. The van der Waals surface area contributed by atoms with Gasteiger partial charge in [0.25, 0.3) is 5.91 Å². The molecule has 1 aliphatic rings. The fraction of sp³-hybridized carbons (Fsp3) is 0.500. The Morgan fingerprint density at radius 1 is 1.50 bits per heavy atom. The van der Waals surface area contributed by atoms with Crippen molar-refractivity contribution < 1.29 is 18.6 Å². The Kier molecular flexibility index (Phi) is 5.70. The van der Waals surface area contributed by atoms with Gasteiger partial charge in [0.05, 0.1) is 0 Å². The molecule has 0 unspecified atom stereocenters. The normalized spacial score (nSPS) is 20.4. The lowest BCUT2D eigenvalue weighted by Crippen LogP contribution is -2.33. The molecule has 2 atom stereocenters. The highest BCUT2D eigenvalue weighted by Crippen LogP contribution is 2.13. The first kappa shape index (κ1) is 15.2. The van der Waals surface area contributed by atoms with Crippen molar-refractivity contribution in [3.63, 3.8) is 0 Å². The molecule has 1 saturated heterocycles. The number of benzene rings is 1. The van der Waals surface area contributed by atoms with Crippen LogP contribution < -0.4 is 5.48 Å². The molecule has 1 amide bonds. The molecule has 0 spiro atoms. The number of carbonyl (C=O) groups excluding carboxylic acids is 1. The monoisotopic (exact) mass is 297 g/mol. The zero-order chi connectivity index (χ0) is 14.4. The van der Waals surface area contributed by atoms with Crippen LogP contribution in [0.2, 0.25) is 0 Å². The van der Waals surface area contributed by atoms with Crippen molar-refractivity contribution >= 4 is 16.7 Å². The van der Waals surface area contributed by atoms with Crippen LogP contribution in [0.25, 0.3) is 0 Å². The van der Waals surface area contributed by atoms with E-state index in [9.17, 15) is 9.00 Å². The highest BCUT2D eigenvalue weighted by Gasteiger charge is 2.16. The van der Waals surface area contributed by atoms with E-state index < -0.39 is 10.8 Å². The van der Waals surface area contributed by atoms with Gasteiger partial charge in [0.2, 0.25) is 0 Å². The van der Waals surface area contributed by atoms with Gasteiger partial charge in [0.15, 0.2) is 6.29 Å². The molecule has 110 valence electrons. The Hall–Kier alpha value is -1.24. The van der Waals surface area contributed by atoms with Gasteiger partial charge in [-0.2, -0.15) is 0 Å². The Labute approximate surface area is 121 Å². The Morgan fingerprint density at radius 2 is 2.35 bits per heavy atom. The first-order valence-corrected chi connectivity index (χ1v) is 8.34. The van der Waals surface area contributed by atoms with Crippen molar-refractivity contribution in [2.24, 2.45) is 0 Å². The summed E-state index contributed by atoms with van der Waals surface area (Å²) in [6.45, 7) is 0.665. The zero-order valence-corrected chi connectivity index (χ0v) is 12.3. The number of carbonyl (C=O) groups is 1. The van der Waals surface area contributed by atoms with Crippen molar-refractivity contribution in [3.8, 4) is 0 Å². The summed E-state index contributed by atoms with van der Waals surface area (Å²) in [5.41, 5.74) is 3.77. The van der Waals surface area contributed by atoms with E-state index in [1.165, 1.54) is 0 Å². The zero-order valence-electron chi connectivity index (χ0n) is 11.5. The number of ether oxygens (including phenoxy) is 1. The predicted molar refractivity (Wildman–Crippen MR) is 76.4 cm³/mol. The molecule has 0 bridgehead atoms. The van der Waals surface area contributed by atoms with Crippen LogP contribution in [0.4, 0.5) is 0 Å². The molecule has 1 aromatic rings. The van der Waals surface area contributed by atoms with Crippen LogP contribution in [-0.2, 0) is 26.1 Å². The van der Waals surface area contributed by atoms with E-state index in [4.69, 9.17) is 9.57 Å². The summed E-state index contributed by atoms with van der Waals surface area (Å²) in [7, 11) is -0.929. The maximum Gasteiger partial charge on any atom is 0.274 e. The second kappa shape index (κ2) is 7.52. The smallest absolute Gasteiger partial charge is 0.274 e. The lowest BCUT2D eigenvalue weighted by molar-refractivity contribution is -0.186. The third kappa shape index (κ3) is 4.70. The Balaban J connectivity index is 1.89. The van der Waals surface area contributed by atoms with Crippen LogP contribution >= 0.6 is 0 Å². The molecule has 6 heteroatoms. The van der Waals surface area contributed by atoms with E-state index >= 15 is 0 Å². The summed E-state index contributed by atoms with van der Waals surface area (Å²) in [5.74, 6) is 0.121. The maximum absolute atomic E-state index is 12.0. The summed E-state index contributed by atoms with van der Waals surface area (Å²) in [5, 5.41) is 0. The number of hydrogen-bond acceptors (Lipinski definition) is 4. The van der Waals surface area contributed by atoms with Crippen molar-refractivity contribution in [1.29, 1.82) is 0 Å². The highest BCUT2D eigenvalue weighted by molar-refractivity contribution is 7.83. The van der Waals surface area contributed by atoms with E-state index in [1.807, 2.05) is 6.07 Å². The summed E-state index contributed by atoms with van der Waals surface area (Å²) >= 11 is 0. The SMILES string of the molecule is C[S@@](=O)Cc1cccc(C(=O)NO[C@H]2CCCCO2)c1. The number of nitrogens with one attached hydrogen (secondary N) is 1. The van der Waals surface area contributed by atoms with Gasteiger partial charge in [-0.25, -0.2) is 10.3 Å². The molecular weight excluding hydrogens is 278 g/mol. The van der Waals surface area contributed by atoms with Crippen molar-refractivity contribution in [3.05, 3.63) is 35.4 Å². The van der Waals surface area contributed by atoms with Gasteiger partial charge in [0.1, 0.15) is 0 Å². The van der Waals surface area contributed by atoms with E-state index in [0.717, 1.165) is 24.8 Å². The summed E-state index contributed by atoms with van der Waals surface area (Å²) in [6, 6.07) is 7.04. The molecule has 1 fully saturated rings. The van der Waals surface area contributed by atoms with E-state index in [2.05, 4.69) is 5.48 Å². The van der Waals surface area contributed by atoms with Crippen LogP contribution in [0.5, 0.6) is 0 Å². The van der Waals surface area contributed by atoms with Gasteiger partial charge in [-0.05, 0) is 30.5 Å². The lowest BCUT2D eigenvalue weighted by Gasteiger charge is -2.22. The van der Waals surface area contributed by atoms with E-state index in [0.29, 0.717) is 17.9 Å². The number of hydrogen-bond donors (Lipinski definition) is 1. The van der Waals surface area contributed by atoms with Crippen molar-refractivity contribution in [1.82, 2.24) is 5.48 Å². The van der Waals surface area contributed by atoms with Gasteiger partial charge < -0.3 is 4.74 Å². The maximum atomic E-state index is 12.0. The fourth-order valence-electron chi connectivity index (χ4n) is 2.02. The number of rotatable bonds is 5.